The van der Waals surface area contributed by atoms with Crippen molar-refractivity contribution in [3.8, 4) is 22.9 Å². The molecule has 0 unspecified atom stereocenters. The molecule has 5 rings (SSSR count). The van der Waals surface area contributed by atoms with Crippen LogP contribution < -0.4 is 20.1 Å². The zero-order valence-electron chi connectivity index (χ0n) is 22.3. The fraction of sp³-hybridized carbons (Fsp3) is 0.321. The van der Waals surface area contributed by atoms with E-state index in [0.717, 1.165) is 47.8 Å². The number of fused-ring (bicyclic) bond motifs is 1. The number of rotatable bonds is 9. The van der Waals surface area contributed by atoms with Crippen molar-refractivity contribution < 1.29 is 13.2 Å². The SMILES string of the molecule is CCN(C)S(=O)(=O)Nc1cccc2c(Oc3ncccc3-c3ccnc(N[C@H]4CCCNC4)n3)c(C)ccc12. The number of hydrogen-bond donors (Lipinski definition) is 3. The highest BCUT2D eigenvalue weighted by Crippen LogP contribution is 2.38. The molecule has 3 N–H and O–H groups in total. The van der Waals surface area contributed by atoms with Crippen molar-refractivity contribution in [1.82, 2.24) is 24.6 Å². The van der Waals surface area contributed by atoms with Crippen LogP contribution in [-0.2, 0) is 10.2 Å². The molecule has 0 radical (unpaired) electrons. The highest BCUT2D eigenvalue weighted by Gasteiger charge is 2.20. The average molecular weight is 548 g/mol. The Morgan fingerprint density at radius 1 is 1.08 bits per heavy atom. The molecule has 2 aromatic carbocycles. The monoisotopic (exact) mass is 547 g/mol. The van der Waals surface area contributed by atoms with Crippen molar-refractivity contribution >= 4 is 32.6 Å². The molecule has 204 valence electrons. The minimum Gasteiger partial charge on any atom is -0.437 e. The number of ether oxygens (including phenoxy) is 1. The normalized spacial score (nSPS) is 15.8. The van der Waals surface area contributed by atoms with Crippen LogP contribution in [0.15, 0.2) is 60.9 Å². The summed E-state index contributed by atoms with van der Waals surface area (Å²) in [5, 5.41) is 8.30. The van der Waals surface area contributed by atoms with Gasteiger partial charge in [0.15, 0.2) is 0 Å². The van der Waals surface area contributed by atoms with Gasteiger partial charge in [0.2, 0.25) is 11.8 Å². The van der Waals surface area contributed by atoms with E-state index in [4.69, 9.17) is 9.72 Å². The first-order chi connectivity index (χ1) is 18.9. The number of benzene rings is 2. The molecule has 0 amide bonds. The molecule has 4 aromatic rings. The van der Waals surface area contributed by atoms with E-state index < -0.39 is 10.2 Å². The van der Waals surface area contributed by atoms with Gasteiger partial charge in [-0.3, -0.25) is 4.72 Å². The van der Waals surface area contributed by atoms with Gasteiger partial charge in [0.25, 0.3) is 0 Å². The fourth-order valence-corrected chi connectivity index (χ4v) is 5.50. The lowest BCUT2D eigenvalue weighted by atomic mass is 10.0. The Balaban J connectivity index is 1.49. The number of piperidine rings is 1. The summed E-state index contributed by atoms with van der Waals surface area (Å²) in [6.07, 6.45) is 5.58. The van der Waals surface area contributed by atoms with Crippen LogP contribution in [0.3, 0.4) is 0 Å². The molecule has 10 nitrogen and oxygen atoms in total. The Morgan fingerprint density at radius 2 is 1.95 bits per heavy atom. The predicted octanol–water partition coefficient (Wildman–Crippen LogP) is 4.56. The highest BCUT2D eigenvalue weighted by atomic mass is 32.2. The van der Waals surface area contributed by atoms with Gasteiger partial charge in [0.1, 0.15) is 5.75 Å². The van der Waals surface area contributed by atoms with Gasteiger partial charge < -0.3 is 15.4 Å². The number of hydrogen-bond acceptors (Lipinski definition) is 8. The molecule has 0 bridgehead atoms. The number of nitrogens with one attached hydrogen (secondary N) is 3. The van der Waals surface area contributed by atoms with Crippen LogP contribution in [0.1, 0.15) is 25.3 Å². The van der Waals surface area contributed by atoms with Crippen LogP contribution in [0.25, 0.3) is 22.0 Å². The molecule has 3 heterocycles. The van der Waals surface area contributed by atoms with Crippen LogP contribution >= 0.6 is 0 Å². The summed E-state index contributed by atoms with van der Waals surface area (Å²) in [6.45, 7) is 6.00. The molecule has 1 aliphatic heterocycles. The zero-order chi connectivity index (χ0) is 27.4. The molecule has 39 heavy (non-hydrogen) atoms. The first-order valence-electron chi connectivity index (χ1n) is 13.1. The Morgan fingerprint density at radius 3 is 2.74 bits per heavy atom. The third-order valence-corrected chi connectivity index (χ3v) is 8.39. The van der Waals surface area contributed by atoms with Crippen LogP contribution in [0, 0.1) is 6.92 Å². The van der Waals surface area contributed by atoms with Crippen molar-refractivity contribution in [2.24, 2.45) is 0 Å². The van der Waals surface area contributed by atoms with Gasteiger partial charge in [-0.2, -0.15) is 12.7 Å². The lowest BCUT2D eigenvalue weighted by molar-refractivity contribution is 0.466. The van der Waals surface area contributed by atoms with Crippen LogP contribution in [-0.4, -0.2) is 60.4 Å². The van der Waals surface area contributed by atoms with E-state index >= 15 is 0 Å². The van der Waals surface area contributed by atoms with Gasteiger partial charge in [0, 0.05) is 49.3 Å². The van der Waals surface area contributed by atoms with Crippen molar-refractivity contribution in [2.45, 2.75) is 32.7 Å². The molecule has 0 aliphatic carbocycles. The minimum absolute atomic E-state index is 0.278. The first-order valence-corrected chi connectivity index (χ1v) is 14.5. The predicted molar refractivity (Wildman–Crippen MR) is 154 cm³/mol. The summed E-state index contributed by atoms with van der Waals surface area (Å²) in [4.78, 5) is 13.7. The van der Waals surface area contributed by atoms with Crippen LogP contribution in [0.2, 0.25) is 0 Å². The van der Waals surface area contributed by atoms with Crippen molar-refractivity contribution in [2.75, 3.05) is 36.7 Å². The zero-order valence-corrected chi connectivity index (χ0v) is 23.1. The van der Waals surface area contributed by atoms with Gasteiger partial charge in [-0.25, -0.2) is 15.0 Å². The summed E-state index contributed by atoms with van der Waals surface area (Å²) < 4.78 is 35.9. The van der Waals surface area contributed by atoms with Gasteiger partial charge in [0.05, 0.1) is 16.9 Å². The molecule has 2 aromatic heterocycles. The maximum Gasteiger partial charge on any atom is 0.301 e. The van der Waals surface area contributed by atoms with Crippen molar-refractivity contribution in [1.29, 1.82) is 0 Å². The molecular weight excluding hydrogens is 514 g/mol. The van der Waals surface area contributed by atoms with Gasteiger partial charge in [-0.05, 0) is 56.1 Å². The van der Waals surface area contributed by atoms with E-state index in [1.165, 1.54) is 11.4 Å². The number of aromatic nitrogens is 3. The Hall–Kier alpha value is -3.80. The maximum absolute atomic E-state index is 12.7. The third kappa shape index (κ3) is 5.95. The molecule has 0 spiro atoms. The van der Waals surface area contributed by atoms with E-state index in [9.17, 15) is 8.42 Å². The van der Waals surface area contributed by atoms with Gasteiger partial charge in [-0.1, -0.05) is 31.2 Å². The number of aryl methyl sites for hydroxylation is 1. The van der Waals surface area contributed by atoms with Gasteiger partial charge >= 0.3 is 10.2 Å². The first kappa shape index (κ1) is 26.8. The summed E-state index contributed by atoms with van der Waals surface area (Å²) >= 11 is 0. The largest absolute Gasteiger partial charge is 0.437 e. The Bertz CT molecular complexity index is 1570. The number of pyridine rings is 1. The van der Waals surface area contributed by atoms with Crippen molar-refractivity contribution in [3.63, 3.8) is 0 Å². The number of nitrogens with zero attached hydrogens (tertiary/aromatic N) is 4. The summed E-state index contributed by atoms with van der Waals surface area (Å²) in [5.41, 5.74) is 2.78. The van der Waals surface area contributed by atoms with E-state index in [1.807, 2.05) is 43.3 Å². The minimum atomic E-state index is -3.69. The quantitative estimate of drug-likeness (QED) is 0.279. The summed E-state index contributed by atoms with van der Waals surface area (Å²) in [5.74, 6) is 1.55. The lowest BCUT2D eigenvalue weighted by Crippen LogP contribution is -2.38. The van der Waals surface area contributed by atoms with E-state index in [0.29, 0.717) is 35.5 Å². The summed E-state index contributed by atoms with van der Waals surface area (Å²) in [6, 6.07) is 15.1. The standard InChI is InChI=1S/C28H33N7O3S/c1-4-35(3)39(36,37)34-25-11-5-9-22-21(25)13-12-19(2)26(22)38-27-23(10-7-16-30-27)24-14-17-31-28(33-24)32-20-8-6-15-29-18-20/h5,7,9-14,16-17,20,29,34H,4,6,8,15,18H2,1-3H3,(H,31,32,33)/t20-/m0/s1. The number of anilines is 2. The van der Waals surface area contributed by atoms with E-state index in [2.05, 4.69) is 25.3 Å². The lowest BCUT2D eigenvalue weighted by Gasteiger charge is -2.23. The molecule has 0 saturated carbocycles. The summed E-state index contributed by atoms with van der Waals surface area (Å²) in [7, 11) is -2.15. The van der Waals surface area contributed by atoms with E-state index in [-0.39, 0.29) is 6.04 Å². The molecule has 1 saturated heterocycles. The molecule has 11 heteroatoms. The van der Waals surface area contributed by atoms with Crippen LogP contribution in [0.5, 0.6) is 11.6 Å². The second kappa shape index (κ2) is 11.5. The van der Waals surface area contributed by atoms with Gasteiger partial charge in [-0.15, -0.1) is 0 Å². The highest BCUT2D eigenvalue weighted by molar-refractivity contribution is 7.90. The molecular formula is C28H33N7O3S. The smallest absolute Gasteiger partial charge is 0.301 e. The van der Waals surface area contributed by atoms with Crippen molar-refractivity contribution in [3.05, 3.63) is 66.5 Å². The Labute approximate surface area is 229 Å². The third-order valence-electron chi connectivity index (χ3n) is 6.84. The van der Waals surface area contributed by atoms with E-state index in [1.54, 1.807) is 31.5 Å². The molecule has 1 atom stereocenters. The average Bonchev–Trinajstić information content (AvgIpc) is 2.95. The topological polar surface area (TPSA) is 121 Å². The second-order valence-electron chi connectivity index (χ2n) is 9.54. The van der Waals surface area contributed by atoms with Crippen LogP contribution in [0.4, 0.5) is 11.6 Å². The Kier molecular flexibility index (Phi) is 7.92. The maximum atomic E-state index is 12.7. The molecule has 1 fully saturated rings. The second-order valence-corrected chi connectivity index (χ2v) is 11.3. The fourth-order valence-electron chi connectivity index (χ4n) is 4.55. The molecule has 1 aliphatic rings.